The summed E-state index contributed by atoms with van der Waals surface area (Å²) < 4.78 is 32.7. The lowest BCUT2D eigenvalue weighted by Gasteiger charge is -2.39. The third kappa shape index (κ3) is 5.37. The summed E-state index contributed by atoms with van der Waals surface area (Å²) in [5, 5.41) is 53.8. The van der Waals surface area contributed by atoms with Gasteiger partial charge in [-0.3, -0.25) is 0 Å². The maximum atomic E-state index is 8.97. The van der Waals surface area contributed by atoms with Gasteiger partial charge >= 0.3 is 0 Å². The molecule has 0 atom stereocenters. The van der Waals surface area contributed by atoms with E-state index in [1.807, 2.05) is 0 Å². The first kappa shape index (κ1) is 16.9. The van der Waals surface area contributed by atoms with E-state index in [1.54, 1.807) is 0 Å². The molecule has 0 amide bonds. The minimum absolute atomic E-state index is 1.64. The highest BCUT2D eigenvalue weighted by Gasteiger charge is 2.47. The maximum absolute atomic E-state index is 8.97. The molecular weight excluding hydrogens is 268 g/mol. The van der Waals surface area contributed by atoms with Crippen molar-refractivity contribution in [3.8, 4) is 0 Å². The molecule has 0 aliphatic heterocycles. The number of hydrogen-bond donors (Lipinski definition) is 7. The van der Waals surface area contributed by atoms with Gasteiger partial charge in [-0.1, -0.05) is 0 Å². The lowest BCUT2D eigenvalue weighted by atomic mass is 9.85. The summed E-state index contributed by atoms with van der Waals surface area (Å²) >= 11 is 0. The molecule has 1 saturated carbocycles. The number of aliphatic hydroxyl groups excluding tert-OH is 6. The van der Waals surface area contributed by atoms with Gasteiger partial charge in [0.25, 0.3) is 0 Å². The Labute approximate surface area is 97.0 Å². The fourth-order valence-electron chi connectivity index (χ4n) is 1.21. The van der Waals surface area contributed by atoms with Crippen molar-refractivity contribution in [2.75, 3.05) is 0 Å². The molecule has 11 heteroatoms. The molecule has 1 aliphatic carbocycles. The fraction of sp³-hybridized carbons (Fsp3) is 1.00. The molecule has 0 aromatic heterocycles. The van der Waals surface area contributed by atoms with Crippen LogP contribution in [0.25, 0.3) is 0 Å². The van der Waals surface area contributed by atoms with Crippen LogP contribution in [0.15, 0.2) is 0 Å². The van der Waals surface area contributed by atoms with Gasteiger partial charge in [0.2, 0.25) is 0 Å². The van der Waals surface area contributed by atoms with Crippen LogP contribution in [0.3, 0.4) is 0 Å². The molecular formula is C6H13ClO10. The van der Waals surface area contributed by atoms with Crippen molar-refractivity contribution in [2.24, 2.45) is 0 Å². The van der Waals surface area contributed by atoms with Gasteiger partial charge in [-0.15, -0.1) is 0 Å². The second-order valence-electron chi connectivity index (χ2n) is 3.34. The molecule has 1 aliphatic rings. The highest BCUT2D eigenvalue weighted by molar-refractivity contribution is 4.98. The second-order valence-corrected chi connectivity index (χ2v) is 4.13. The first-order chi connectivity index (χ1) is 7.46. The Morgan fingerprint density at radius 2 is 0.588 bits per heavy atom. The van der Waals surface area contributed by atoms with Gasteiger partial charge < -0.3 is 30.6 Å². The number of aliphatic hydroxyl groups is 6. The van der Waals surface area contributed by atoms with E-state index in [0.717, 1.165) is 0 Å². The number of halogens is 1. The van der Waals surface area contributed by atoms with E-state index in [2.05, 4.69) is 0 Å². The average Bonchev–Trinajstić information content (AvgIpc) is 2.18. The van der Waals surface area contributed by atoms with E-state index in [-0.39, 0.29) is 0 Å². The summed E-state index contributed by atoms with van der Waals surface area (Å²) in [4.78, 5) is 0. The molecule has 1 rings (SSSR count). The summed E-state index contributed by atoms with van der Waals surface area (Å²) in [6.07, 6.45) is -9.84. The Balaban J connectivity index is 0.000000437. The van der Waals surface area contributed by atoms with Crippen molar-refractivity contribution in [3.63, 3.8) is 0 Å². The van der Waals surface area contributed by atoms with E-state index in [4.69, 9.17) is 49.3 Å². The quantitative estimate of drug-likeness (QED) is 0.222. The van der Waals surface area contributed by atoms with Gasteiger partial charge in [0, 0.05) is 0 Å². The Bertz CT molecular complexity index is 167. The summed E-state index contributed by atoms with van der Waals surface area (Å²) in [5.74, 6) is 0. The normalized spacial score (nSPS) is 42.7. The lowest BCUT2D eigenvalue weighted by Crippen LogP contribution is -2.63. The van der Waals surface area contributed by atoms with Crippen LogP contribution in [-0.4, -0.2) is 71.9 Å². The monoisotopic (exact) mass is 280 g/mol. The van der Waals surface area contributed by atoms with E-state index in [0.29, 0.717) is 0 Å². The Morgan fingerprint density at radius 1 is 0.529 bits per heavy atom. The van der Waals surface area contributed by atoms with Crippen LogP contribution in [0.2, 0.25) is 0 Å². The van der Waals surface area contributed by atoms with Crippen LogP contribution in [0, 0.1) is 10.2 Å². The Kier molecular flexibility index (Phi) is 6.13. The predicted molar refractivity (Wildman–Crippen MR) is 38.3 cm³/mol. The van der Waals surface area contributed by atoms with Crippen LogP contribution in [-0.2, 0) is 0 Å². The van der Waals surface area contributed by atoms with Gasteiger partial charge in [0.05, 0.1) is 14.9 Å². The molecule has 0 aromatic rings. The fourth-order valence-corrected chi connectivity index (χ4v) is 1.21. The molecule has 0 unspecified atom stereocenters. The first-order valence-corrected chi connectivity index (χ1v) is 5.45. The predicted octanol–water partition coefficient (Wildman–Crippen LogP) is -7.96. The van der Waals surface area contributed by atoms with E-state index < -0.39 is 46.9 Å². The zero-order chi connectivity index (χ0) is 14.0. The Morgan fingerprint density at radius 3 is 0.647 bits per heavy atom. The van der Waals surface area contributed by atoms with Crippen molar-refractivity contribution >= 4 is 0 Å². The second kappa shape index (κ2) is 6.17. The molecule has 10 nitrogen and oxygen atoms in total. The lowest BCUT2D eigenvalue weighted by molar-refractivity contribution is -1.92. The highest BCUT2D eigenvalue weighted by Crippen LogP contribution is 2.20. The summed E-state index contributed by atoms with van der Waals surface area (Å²) in [5.41, 5.74) is 0. The molecule has 0 aromatic carbocycles. The maximum Gasteiger partial charge on any atom is 0.111 e. The minimum Gasteiger partial charge on any atom is -0.387 e. The van der Waals surface area contributed by atoms with Gasteiger partial charge in [-0.25, -0.2) is 0 Å². The zero-order valence-corrected chi connectivity index (χ0v) is 8.95. The smallest absolute Gasteiger partial charge is 0.111 e. The van der Waals surface area contributed by atoms with Gasteiger partial charge in [-0.05, 0) is 0 Å². The van der Waals surface area contributed by atoms with Crippen molar-refractivity contribution in [3.05, 3.63) is 0 Å². The third-order valence-corrected chi connectivity index (χ3v) is 2.10. The SMILES string of the molecule is O[C@H]1[C@H](O)[C@@H](O)[C@H](O)[C@@H](O)[C@H]1O.[O-][Cl+3]([O-])([O-])O. The van der Waals surface area contributed by atoms with E-state index in [1.165, 1.54) is 0 Å². The minimum atomic E-state index is -4.69. The molecule has 104 valence electrons. The zero-order valence-electron chi connectivity index (χ0n) is 8.20. The number of hydrogen-bond acceptors (Lipinski definition) is 10. The molecule has 0 radical (unpaired) electrons. The van der Waals surface area contributed by atoms with Crippen molar-refractivity contribution in [1.29, 1.82) is 0 Å². The van der Waals surface area contributed by atoms with Crippen molar-refractivity contribution in [1.82, 2.24) is 0 Å². The molecule has 1 fully saturated rings. The standard InChI is InChI=1S/C6H12O6.ClHO4/c7-1-2(8)4(10)6(12)5(11)3(1)9;2-1(3,4)5/h1-12H;(H,2,3,4,5)/t1-,2-,3-,4+,5-,6-;. The van der Waals surface area contributed by atoms with Gasteiger partial charge in [-0.2, -0.15) is 14.0 Å². The van der Waals surface area contributed by atoms with Crippen molar-refractivity contribution < 1.29 is 59.5 Å². The van der Waals surface area contributed by atoms with Gasteiger partial charge in [0.1, 0.15) is 36.6 Å². The molecule has 7 N–H and O–H groups in total. The van der Waals surface area contributed by atoms with Crippen molar-refractivity contribution in [2.45, 2.75) is 36.6 Å². The average molecular weight is 281 g/mol. The highest BCUT2D eigenvalue weighted by atomic mass is 35.7. The topological polar surface area (TPSA) is 211 Å². The molecule has 0 bridgehead atoms. The molecule has 0 spiro atoms. The summed E-state index contributed by atoms with van der Waals surface area (Å²) in [6.45, 7) is 0. The van der Waals surface area contributed by atoms with Gasteiger partial charge in [0.15, 0.2) is 0 Å². The van der Waals surface area contributed by atoms with Crippen LogP contribution in [0.4, 0.5) is 0 Å². The third-order valence-electron chi connectivity index (χ3n) is 2.10. The molecule has 0 heterocycles. The van der Waals surface area contributed by atoms with Crippen LogP contribution < -0.4 is 14.0 Å². The summed E-state index contributed by atoms with van der Waals surface area (Å²) in [6, 6.07) is 0. The van der Waals surface area contributed by atoms with Crippen LogP contribution >= 0.6 is 0 Å². The molecule has 17 heavy (non-hydrogen) atoms. The summed E-state index contributed by atoms with van der Waals surface area (Å²) in [7, 11) is -4.69. The first-order valence-electron chi connectivity index (χ1n) is 4.18. The van der Waals surface area contributed by atoms with Crippen LogP contribution in [0.1, 0.15) is 0 Å². The van der Waals surface area contributed by atoms with E-state index >= 15 is 0 Å². The van der Waals surface area contributed by atoms with E-state index in [9.17, 15) is 0 Å². The van der Waals surface area contributed by atoms with Crippen LogP contribution in [0.5, 0.6) is 0 Å². The molecule has 0 saturated heterocycles. The largest absolute Gasteiger partial charge is 0.387 e. The number of rotatable bonds is 0. The Hall–Kier alpha value is -0.110.